The zero-order valence-electron chi connectivity index (χ0n) is 12.0. The Kier molecular flexibility index (Phi) is 6.15. The fourth-order valence-corrected chi connectivity index (χ4v) is 1.73. The normalized spacial score (nSPS) is 10.1. The minimum Gasteiger partial charge on any atom is -0.493 e. The van der Waals surface area contributed by atoms with E-state index in [-0.39, 0.29) is 5.91 Å². The zero-order chi connectivity index (χ0) is 14.3. The molecule has 0 unspecified atom stereocenters. The molecule has 106 valence electrons. The van der Waals surface area contributed by atoms with Crippen LogP contribution in [0.25, 0.3) is 0 Å². The van der Waals surface area contributed by atoms with E-state index in [9.17, 15) is 4.79 Å². The molecule has 0 atom stereocenters. The van der Waals surface area contributed by atoms with Crippen LogP contribution in [0.2, 0.25) is 0 Å². The highest BCUT2D eigenvalue weighted by Crippen LogP contribution is 2.30. The lowest BCUT2D eigenvalue weighted by atomic mass is 10.1. The zero-order valence-corrected chi connectivity index (χ0v) is 12.0. The molecule has 0 radical (unpaired) electrons. The molecular formula is C14H22N2O3. The number of aryl methyl sites for hydroxylation is 1. The summed E-state index contributed by atoms with van der Waals surface area (Å²) in [6.07, 6.45) is 0.475. The minimum absolute atomic E-state index is 0.0311. The van der Waals surface area contributed by atoms with Crippen molar-refractivity contribution in [3.8, 4) is 11.5 Å². The van der Waals surface area contributed by atoms with Gasteiger partial charge in [0.05, 0.1) is 14.2 Å². The molecule has 0 heterocycles. The quantitative estimate of drug-likeness (QED) is 0.779. The van der Waals surface area contributed by atoms with E-state index in [1.165, 1.54) is 0 Å². The Morgan fingerprint density at radius 3 is 2.42 bits per heavy atom. The summed E-state index contributed by atoms with van der Waals surface area (Å²) < 4.78 is 10.5. The standard InChI is InChI=1S/C14H22N2O3/c1-10-7-12(18-3)13(19-4)8-11(10)9-16-14(17)5-6-15-2/h7-8,15H,5-6,9H2,1-4H3,(H,16,17). The summed E-state index contributed by atoms with van der Waals surface area (Å²) in [5, 5.41) is 5.83. The average molecular weight is 266 g/mol. The van der Waals surface area contributed by atoms with E-state index in [0.717, 1.165) is 11.1 Å². The Morgan fingerprint density at radius 2 is 1.84 bits per heavy atom. The Bertz CT molecular complexity index is 433. The summed E-state index contributed by atoms with van der Waals surface area (Å²) in [4.78, 5) is 11.6. The van der Waals surface area contributed by atoms with Crippen LogP contribution in [0.4, 0.5) is 0 Å². The van der Waals surface area contributed by atoms with E-state index < -0.39 is 0 Å². The molecule has 0 aliphatic carbocycles. The van der Waals surface area contributed by atoms with Crippen molar-refractivity contribution in [3.05, 3.63) is 23.3 Å². The SMILES string of the molecule is CNCCC(=O)NCc1cc(OC)c(OC)cc1C. The molecule has 1 rings (SSSR count). The molecule has 0 spiro atoms. The van der Waals surface area contributed by atoms with Gasteiger partial charge in [-0.05, 0) is 37.2 Å². The van der Waals surface area contributed by atoms with Crippen LogP contribution < -0.4 is 20.1 Å². The van der Waals surface area contributed by atoms with Crippen LogP contribution in [0.15, 0.2) is 12.1 Å². The minimum atomic E-state index is 0.0311. The van der Waals surface area contributed by atoms with Crippen molar-refractivity contribution in [2.24, 2.45) is 0 Å². The van der Waals surface area contributed by atoms with Gasteiger partial charge in [-0.25, -0.2) is 0 Å². The molecule has 0 saturated heterocycles. The van der Waals surface area contributed by atoms with Crippen LogP contribution >= 0.6 is 0 Å². The van der Waals surface area contributed by atoms with Gasteiger partial charge >= 0.3 is 0 Å². The van der Waals surface area contributed by atoms with E-state index in [1.54, 1.807) is 14.2 Å². The van der Waals surface area contributed by atoms with Gasteiger partial charge < -0.3 is 20.1 Å². The maximum Gasteiger partial charge on any atom is 0.221 e. The highest BCUT2D eigenvalue weighted by Gasteiger charge is 2.09. The molecule has 5 nitrogen and oxygen atoms in total. The second-order valence-corrected chi connectivity index (χ2v) is 4.26. The van der Waals surface area contributed by atoms with Crippen LogP contribution in [0.5, 0.6) is 11.5 Å². The monoisotopic (exact) mass is 266 g/mol. The highest BCUT2D eigenvalue weighted by molar-refractivity contribution is 5.76. The first-order chi connectivity index (χ1) is 9.12. The lowest BCUT2D eigenvalue weighted by Crippen LogP contribution is -2.26. The molecule has 5 heteroatoms. The van der Waals surface area contributed by atoms with Crippen LogP contribution in [0, 0.1) is 6.92 Å². The summed E-state index contributed by atoms with van der Waals surface area (Å²) in [6.45, 7) is 3.16. The highest BCUT2D eigenvalue weighted by atomic mass is 16.5. The van der Waals surface area contributed by atoms with Crippen molar-refractivity contribution in [1.29, 1.82) is 0 Å². The molecule has 0 aromatic heterocycles. The number of carbonyl (C=O) groups is 1. The number of methoxy groups -OCH3 is 2. The van der Waals surface area contributed by atoms with Crippen LogP contribution in [0.3, 0.4) is 0 Å². The molecule has 1 aromatic rings. The van der Waals surface area contributed by atoms with E-state index in [2.05, 4.69) is 10.6 Å². The van der Waals surface area contributed by atoms with Crippen molar-refractivity contribution in [2.75, 3.05) is 27.8 Å². The maximum atomic E-state index is 11.6. The maximum absolute atomic E-state index is 11.6. The summed E-state index contributed by atoms with van der Waals surface area (Å²) in [6, 6.07) is 3.81. The van der Waals surface area contributed by atoms with Gasteiger partial charge in [-0.1, -0.05) is 0 Å². The van der Waals surface area contributed by atoms with Gasteiger partial charge in [-0.3, -0.25) is 4.79 Å². The van der Waals surface area contributed by atoms with Gasteiger partial charge in [0.2, 0.25) is 5.91 Å². The lowest BCUT2D eigenvalue weighted by molar-refractivity contribution is -0.121. The summed E-state index contributed by atoms with van der Waals surface area (Å²) in [5.41, 5.74) is 2.09. The Hall–Kier alpha value is -1.75. The van der Waals surface area contributed by atoms with Crippen LogP contribution in [-0.4, -0.2) is 33.7 Å². The first-order valence-corrected chi connectivity index (χ1v) is 6.25. The Balaban J connectivity index is 2.70. The summed E-state index contributed by atoms with van der Waals surface area (Å²) in [5.74, 6) is 1.40. The topological polar surface area (TPSA) is 59.6 Å². The number of amides is 1. The van der Waals surface area contributed by atoms with Crippen molar-refractivity contribution < 1.29 is 14.3 Å². The molecule has 0 fully saturated rings. The first kappa shape index (κ1) is 15.3. The number of ether oxygens (including phenoxy) is 2. The average Bonchev–Trinajstić information content (AvgIpc) is 2.43. The van der Waals surface area contributed by atoms with Gasteiger partial charge in [0.25, 0.3) is 0 Å². The van der Waals surface area contributed by atoms with Gasteiger partial charge in [-0.15, -0.1) is 0 Å². The van der Waals surface area contributed by atoms with Crippen molar-refractivity contribution in [3.63, 3.8) is 0 Å². The Labute approximate surface area is 114 Å². The molecule has 2 N–H and O–H groups in total. The number of nitrogens with one attached hydrogen (secondary N) is 2. The van der Waals surface area contributed by atoms with Gasteiger partial charge in [0, 0.05) is 19.5 Å². The third-order valence-electron chi connectivity index (χ3n) is 2.92. The van der Waals surface area contributed by atoms with Crippen LogP contribution in [-0.2, 0) is 11.3 Å². The molecule has 0 aliphatic heterocycles. The molecule has 0 saturated carbocycles. The van der Waals surface area contributed by atoms with E-state index >= 15 is 0 Å². The van der Waals surface area contributed by atoms with Crippen LogP contribution in [0.1, 0.15) is 17.5 Å². The predicted octanol–water partition coefficient (Wildman–Crippen LogP) is 1.24. The predicted molar refractivity (Wildman–Crippen MR) is 74.7 cm³/mol. The number of hydrogen-bond acceptors (Lipinski definition) is 4. The third kappa shape index (κ3) is 4.44. The van der Waals surface area contributed by atoms with E-state index in [0.29, 0.717) is 31.0 Å². The fraction of sp³-hybridized carbons (Fsp3) is 0.500. The summed E-state index contributed by atoms with van der Waals surface area (Å²) in [7, 11) is 5.03. The van der Waals surface area contributed by atoms with Gasteiger partial charge in [0.1, 0.15) is 0 Å². The van der Waals surface area contributed by atoms with E-state index in [4.69, 9.17) is 9.47 Å². The molecule has 0 aliphatic rings. The van der Waals surface area contributed by atoms with Crippen molar-refractivity contribution in [1.82, 2.24) is 10.6 Å². The molecular weight excluding hydrogens is 244 g/mol. The second-order valence-electron chi connectivity index (χ2n) is 4.26. The molecule has 0 bridgehead atoms. The first-order valence-electron chi connectivity index (χ1n) is 6.25. The smallest absolute Gasteiger partial charge is 0.221 e. The third-order valence-corrected chi connectivity index (χ3v) is 2.92. The second kappa shape index (κ2) is 7.63. The van der Waals surface area contributed by atoms with E-state index in [1.807, 2.05) is 26.1 Å². The van der Waals surface area contributed by atoms with Gasteiger partial charge in [-0.2, -0.15) is 0 Å². The largest absolute Gasteiger partial charge is 0.493 e. The number of carbonyl (C=O) groups excluding carboxylic acids is 1. The number of benzene rings is 1. The van der Waals surface area contributed by atoms with Crippen molar-refractivity contribution >= 4 is 5.91 Å². The molecule has 19 heavy (non-hydrogen) atoms. The number of hydrogen-bond donors (Lipinski definition) is 2. The molecule has 1 amide bonds. The summed E-state index contributed by atoms with van der Waals surface area (Å²) >= 11 is 0. The number of rotatable bonds is 7. The lowest BCUT2D eigenvalue weighted by Gasteiger charge is -2.13. The van der Waals surface area contributed by atoms with Gasteiger partial charge in [0.15, 0.2) is 11.5 Å². The molecule has 1 aromatic carbocycles. The fourth-order valence-electron chi connectivity index (χ4n) is 1.73. The van der Waals surface area contributed by atoms with Crippen molar-refractivity contribution in [2.45, 2.75) is 19.9 Å². The Morgan fingerprint density at radius 1 is 1.21 bits per heavy atom.